The third kappa shape index (κ3) is 2.79. The molecule has 1 N–H and O–H groups in total. The molecule has 0 saturated carbocycles. The third-order valence-electron chi connectivity index (χ3n) is 3.40. The van der Waals surface area contributed by atoms with Crippen molar-refractivity contribution in [3.8, 4) is 5.75 Å². The smallest absolute Gasteiger partial charge is 0.144 e. The van der Waals surface area contributed by atoms with Gasteiger partial charge in [0.25, 0.3) is 0 Å². The van der Waals surface area contributed by atoms with E-state index in [4.69, 9.17) is 4.74 Å². The van der Waals surface area contributed by atoms with Crippen molar-refractivity contribution in [2.45, 2.75) is 6.54 Å². The summed E-state index contributed by atoms with van der Waals surface area (Å²) in [5.41, 5.74) is 1.92. The molecule has 3 rings (SSSR count). The van der Waals surface area contributed by atoms with E-state index in [-0.39, 0.29) is 5.82 Å². The summed E-state index contributed by atoms with van der Waals surface area (Å²) in [6.45, 7) is 0.628. The predicted octanol–water partition coefficient (Wildman–Crippen LogP) is 3.99. The fraction of sp³-hybridized carbons (Fsp3) is 0.118. The van der Waals surface area contributed by atoms with E-state index in [1.807, 2.05) is 24.4 Å². The van der Waals surface area contributed by atoms with Crippen LogP contribution in [-0.2, 0) is 6.54 Å². The highest BCUT2D eigenvalue weighted by atomic mass is 19.1. The van der Waals surface area contributed by atoms with Gasteiger partial charge in [-0.2, -0.15) is 0 Å². The van der Waals surface area contributed by atoms with E-state index in [9.17, 15) is 4.39 Å². The molecule has 0 spiro atoms. The Morgan fingerprint density at radius 1 is 1.19 bits per heavy atom. The van der Waals surface area contributed by atoms with Crippen LogP contribution in [0.1, 0.15) is 5.56 Å². The lowest BCUT2D eigenvalue weighted by molar-refractivity contribution is 0.413. The van der Waals surface area contributed by atoms with Crippen LogP contribution in [-0.4, -0.2) is 12.1 Å². The summed E-state index contributed by atoms with van der Waals surface area (Å²) < 4.78 is 18.4. The quantitative estimate of drug-likeness (QED) is 0.785. The molecule has 1 heterocycles. The van der Waals surface area contributed by atoms with Gasteiger partial charge in [-0.3, -0.25) is 4.98 Å². The summed E-state index contributed by atoms with van der Waals surface area (Å²) in [5, 5.41) is 5.54. The molecule has 3 aromatic rings. The Balaban J connectivity index is 1.87. The van der Waals surface area contributed by atoms with Crippen LogP contribution in [0.4, 0.5) is 10.1 Å². The van der Waals surface area contributed by atoms with Gasteiger partial charge in [-0.05, 0) is 29.1 Å². The van der Waals surface area contributed by atoms with Crippen molar-refractivity contribution in [2.24, 2.45) is 0 Å². The molecular weight excluding hydrogens is 267 g/mol. The van der Waals surface area contributed by atoms with Crippen LogP contribution in [0, 0.1) is 5.82 Å². The molecule has 0 radical (unpaired) electrons. The molecule has 4 heteroatoms. The normalized spacial score (nSPS) is 10.6. The Bertz CT molecular complexity index is 768. The highest BCUT2D eigenvalue weighted by Gasteiger charge is 2.05. The summed E-state index contributed by atoms with van der Waals surface area (Å²) in [4.78, 5) is 4.13. The minimum atomic E-state index is -0.311. The van der Waals surface area contributed by atoms with Crippen molar-refractivity contribution >= 4 is 16.5 Å². The predicted molar refractivity (Wildman–Crippen MR) is 82.0 cm³/mol. The molecule has 1 aromatic heterocycles. The highest BCUT2D eigenvalue weighted by Crippen LogP contribution is 2.26. The number of aromatic nitrogens is 1. The molecule has 3 nitrogen and oxygen atoms in total. The van der Waals surface area contributed by atoms with Gasteiger partial charge in [-0.25, -0.2) is 4.39 Å². The van der Waals surface area contributed by atoms with E-state index in [1.54, 1.807) is 12.3 Å². The number of nitrogens with one attached hydrogen (secondary N) is 1. The Hall–Kier alpha value is -2.62. The molecule has 0 atom stereocenters. The maximum absolute atomic E-state index is 13.2. The van der Waals surface area contributed by atoms with Crippen LogP contribution in [0.15, 0.2) is 54.9 Å². The minimum Gasteiger partial charge on any atom is -0.494 e. The number of hydrogen-bond acceptors (Lipinski definition) is 3. The number of fused-ring (bicyclic) bond motifs is 1. The van der Waals surface area contributed by atoms with Gasteiger partial charge in [0.2, 0.25) is 0 Å². The van der Waals surface area contributed by atoms with E-state index in [2.05, 4.69) is 16.4 Å². The first-order valence-corrected chi connectivity index (χ1v) is 6.67. The average molecular weight is 282 g/mol. The van der Waals surface area contributed by atoms with Gasteiger partial charge in [0.15, 0.2) is 0 Å². The number of halogens is 1. The molecule has 21 heavy (non-hydrogen) atoms. The Morgan fingerprint density at radius 2 is 2.10 bits per heavy atom. The van der Waals surface area contributed by atoms with Gasteiger partial charge in [0, 0.05) is 30.4 Å². The molecule has 0 fully saturated rings. The third-order valence-corrected chi connectivity index (χ3v) is 3.40. The van der Waals surface area contributed by atoms with Crippen molar-refractivity contribution in [3.05, 3.63) is 66.2 Å². The first-order valence-electron chi connectivity index (χ1n) is 6.67. The Kier molecular flexibility index (Phi) is 3.69. The van der Waals surface area contributed by atoms with Gasteiger partial charge in [0.1, 0.15) is 11.6 Å². The molecule has 0 aliphatic carbocycles. The standard InChI is InChI=1S/C17H15FN2O/c1-21-17-9-14(18)5-6-16(17)20-11-13-4-2-3-12-10-19-8-7-15(12)13/h2-10,20H,11H2,1H3. The second-order valence-corrected chi connectivity index (χ2v) is 4.71. The van der Waals surface area contributed by atoms with Crippen molar-refractivity contribution in [3.63, 3.8) is 0 Å². The van der Waals surface area contributed by atoms with Gasteiger partial charge in [-0.15, -0.1) is 0 Å². The lowest BCUT2D eigenvalue weighted by atomic mass is 10.1. The number of benzene rings is 2. The number of nitrogens with zero attached hydrogens (tertiary/aromatic N) is 1. The summed E-state index contributed by atoms with van der Waals surface area (Å²) in [7, 11) is 1.53. The van der Waals surface area contributed by atoms with E-state index in [0.717, 1.165) is 22.0 Å². The molecule has 2 aromatic carbocycles. The van der Waals surface area contributed by atoms with E-state index in [0.29, 0.717) is 12.3 Å². The zero-order valence-electron chi connectivity index (χ0n) is 11.6. The highest BCUT2D eigenvalue weighted by molar-refractivity contribution is 5.85. The maximum Gasteiger partial charge on any atom is 0.144 e. The topological polar surface area (TPSA) is 34.1 Å². The van der Waals surface area contributed by atoms with Crippen LogP contribution in [0.3, 0.4) is 0 Å². The van der Waals surface area contributed by atoms with Crippen molar-refractivity contribution in [1.82, 2.24) is 4.98 Å². The van der Waals surface area contributed by atoms with E-state index in [1.165, 1.54) is 19.2 Å². The second kappa shape index (κ2) is 5.79. The zero-order chi connectivity index (χ0) is 14.7. The monoisotopic (exact) mass is 282 g/mol. The summed E-state index contributed by atoms with van der Waals surface area (Å²) in [5.74, 6) is 0.186. The number of ether oxygens (including phenoxy) is 1. The Morgan fingerprint density at radius 3 is 2.95 bits per heavy atom. The summed E-state index contributed by atoms with van der Waals surface area (Å²) >= 11 is 0. The van der Waals surface area contributed by atoms with Gasteiger partial charge in [0.05, 0.1) is 12.8 Å². The van der Waals surface area contributed by atoms with Gasteiger partial charge < -0.3 is 10.1 Å². The number of anilines is 1. The fourth-order valence-electron chi connectivity index (χ4n) is 2.35. The van der Waals surface area contributed by atoms with Gasteiger partial charge in [-0.1, -0.05) is 18.2 Å². The second-order valence-electron chi connectivity index (χ2n) is 4.71. The zero-order valence-corrected chi connectivity index (χ0v) is 11.6. The summed E-state index contributed by atoms with van der Waals surface area (Å²) in [6, 6.07) is 12.6. The molecule has 0 amide bonds. The average Bonchev–Trinajstić information content (AvgIpc) is 2.53. The first kappa shape index (κ1) is 13.4. The van der Waals surface area contributed by atoms with E-state index < -0.39 is 0 Å². The molecule has 0 aliphatic rings. The number of pyridine rings is 1. The van der Waals surface area contributed by atoms with Crippen LogP contribution in [0.2, 0.25) is 0 Å². The van der Waals surface area contributed by atoms with Crippen LogP contribution < -0.4 is 10.1 Å². The number of methoxy groups -OCH3 is 1. The molecule has 0 saturated heterocycles. The lowest BCUT2D eigenvalue weighted by Crippen LogP contribution is -2.02. The van der Waals surface area contributed by atoms with Crippen LogP contribution in [0.25, 0.3) is 10.8 Å². The van der Waals surface area contributed by atoms with Crippen LogP contribution >= 0.6 is 0 Å². The first-order chi connectivity index (χ1) is 10.3. The Labute approximate surface area is 122 Å². The number of rotatable bonds is 4. The molecular formula is C17H15FN2O. The molecule has 0 unspecified atom stereocenters. The molecule has 0 bridgehead atoms. The van der Waals surface area contributed by atoms with Crippen molar-refractivity contribution in [2.75, 3.05) is 12.4 Å². The molecule has 106 valence electrons. The van der Waals surface area contributed by atoms with E-state index >= 15 is 0 Å². The maximum atomic E-state index is 13.2. The molecule has 0 aliphatic heterocycles. The lowest BCUT2D eigenvalue weighted by Gasteiger charge is -2.12. The SMILES string of the molecule is COc1cc(F)ccc1NCc1cccc2cnccc12. The largest absolute Gasteiger partial charge is 0.494 e. The summed E-state index contributed by atoms with van der Waals surface area (Å²) in [6.07, 6.45) is 3.63. The fourth-order valence-corrected chi connectivity index (χ4v) is 2.35. The minimum absolute atomic E-state index is 0.311. The van der Waals surface area contributed by atoms with Crippen molar-refractivity contribution < 1.29 is 9.13 Å². The number of hydrogen-bond donors (Lipinski definition) is 1. The van der Waals surface area contributed by atoms with Crippen LogP contribution in [0.5, 0.6) is 5.75 Å². The van der Waals surface area contributed by atoms with Gasteiger partial charge >= 0.3 is 0 Å². The van der Waals surface area contributed by atoms with Crippen molar-refractivity contribution in [1.29, 1.82) is 0 Å².